The highest BCUT2D eigenvalue weighted by Gasteiger charge is 2.25. The Morgan fingerprint density at radius 3 is 2.41 bits per heavy atom. The van der Waals surface area contributed by atoms with E-state index >= 15 is 0 Å². The van der Waals surface area contributed by atoms with Crippen molar-refractivity contribution in [1.29, 1.82) is 0 Å². The van der Waals surface area contributed by atoms with Crippen LogP contribution in [0, 0.1) is 11.7 Å². The Bertz CT molecular complexity index is 610. The Labute approximate surface area is 161 Å². The fraction of sp³-hybridized carbons (Fsp3) is 0.619. The van der Waals surface area contributed by atoms with Gasteiger partial charge in [0.05, 0.1) is 6.61 Å². The summed E-state index contributed by atoms with van der Waals surface area (Å²) in [6.07, 6.45) is 2.45. The molecule has 6 heteroatoms. The SMILES string of the molecule is CCOC(=O)N1CCC(NC(=O)CC(CC(C)C)c2ccc(F)cc2)CC1. The highest BCUT2D eigenvalue weighted by Crippen LogP contribution is 2.27. The smallest absolute Gasteiger partial charge is 0.409 e. The highest BCUT2D eigenvalue weighted by atomic mass is 19.1. The van der Waals surface area contributed by atoms with Gasteiger partial charge in [-0.05, 0) is 55.7 Å². The molecule has 1 aliphatic rings. The Hall–Kier alpha value is -2.11. The normalized spacial score (nSPS) is 16.3. The molecule has 2 amide bonds. The molecule has 0 bridgehead atoms. The van der Waals surface area contributed by atoms with Crippen molar-refractivity contribution >= 4 is 12.0 Å². The lowest BCUT2D eigenvalue weighted by Crippen LogP contribution is -2.46. The molecule has 150 valence electrons. The van der Waals surface area contributed by atoms with E-state index in [0.29, 0.717) is 32.0 Å². The Balaban J connectivity index is 1.87. The Morgan fingerprint density at radius 1 is 1.22 bits per heavy atom. The molecule has 1 unspecified atom stereocenters. The summed E-state index contributed by atoms with van der Waals surface area (Å²) in [4.78, 5) is 26.0. The molecule has 1 aromatic rings. The number of carbonyl (C=O) groups excluding carboxylic acids is 2. The maximum atomic E-state index is 13.2. The van der Waals surface area contributed by atoms with E-state index in [1.54, 1.807) is 24.0 Å². The van der Waals surface area contributed by atoms with E-state index in [1.165, 1.54) is 12.1 Å². The highest BCUT2D eigenvalue weighted by molar-refractivity contribution is 5.77. The first-order valence-electron chi connectivity index (χ1n) is 9.85. The molecular weight excluding hydrogens is 347 g/mol. The maximum Gasteiger partial charge on any atom is 0.409 e. The van der Waals surface area contributed by atoms with Gasteiger partial charge < -0.3 is 15.0 Å². The van der Waals surface area contributed by atoms with E-state index in [4.69, 9.17) is 4.74 Å². The first-order chi connectivity index (χ1) is 12.9. The van der Waals surface area contributed by atoms with Crippen molar-refractivity contribution in [3.05, 3.63) is 35.6 Å². The molecule has 1 aromatic carbocycles. The molecule has 1 heterocycles. The topological polar surface area (TPSA) is 58.6 Å². The third-order valence-corrected chi connectivity index (χ3v) is 4.92. The number of halogens is 1. The van der Waals surface area contributed by atoms with Crippen molar-refractivity contribution in [1.82, 2.24) is 10.2 Å². The first kappa shape index (κ1) is 21.2. The van der Waals surface area contributed by atoms with E-state index in [1.807, 2.05) is 0 Å². The van der Waals surface area contributed by atoms with Crippen molar-refractivity contribution in [3.63, 3.8) is 0 Å². The zero-order chi connectivity index (χ0) is 19.8. The molecule has 0 aliphatic carbocycles. The predicted octanol–water partition coefficient (Wildman–Crippen LogP) is 4.08. The van der Waals surface area contributed by atoms with Crippen LogP contribution in [0.5, 0.6) is 0 Å². The zero-order valence-corrected chi connectivity index (χ0v) is 16.5. The predicted molar refractivity (Wildman–Crippen MR) is 103 cm³/mol. The van der Waals surface area contributed by atoms with Crippen LogP contribution in [0.4, 0.5) is 9.18 Å². The molecule has 5 nitrogen and oxygen atoms in total. The van der Waals surface area contributed by atoms with Gasteiger partial charge in [-0.15, -0.1) is 0 Å². The van der Waals surface area contributed by atoms with E-state index in [-0.39, 0.29) is 29.8 Å². The Kier molecular flexibility index (Phi) is 8.07. The molecule has 0 spiro atoms. The van der Waals surface area contributed by atoms with Gasteiger partial charge >= 0.3 is 6.09 Å². The number of ether oxygens (including phenoxy) is 1. The second-order valence-electron chi connectivity index (χ2n) is 7.61. The minimum atomic E-state index is -0.282. The van der Waals surface area contributed by atoms with Gasteiger partial charge in [-0.1, -0.05) is 26.0 Å². The van der Waals surface area contributed by atoms with E-state index in [2.05, 4.69) is 19.2 Å². The molecule has 1 fully saturated rings. The summed E-state index contributed by atoms with van der Waals surface area (Å²) in [6, 6.07) is 6.52. The number of nitrogens with zero attached hydrogens (tertiary/aromatic N) is 1. The molecular formula is C21H31FN2O3. The summed E-state index contributed by atoms with van der Waals surface area (Å²) in [6.45, 7) is 7.60. The zero-order valence-electron chi connectivity index (χ0n) is 16.5. The average molecular weight is 378 g/mol. The summed E-state index contributed by atoms with van der Waals surface area (Å²) in [7, 11) is 0. The van der Waals surface area contributed by atoms with Gasteiger partial charge in [0.25, 0.3) is 0 Å². The van der Waals surface area contributed by atoms with Crippen LogP contribution < -0.4 is 5.32 Å². The van der Waals surface area contributed by atoms with Crippen LogP contribution in [0.2, 0.25) is 0 Å². The summed E-state index contributed by atoms with van der Waals surface area (Å²) >= 11 is 0. The standard InChI is InChI=1S/C21H31FN2O3/c1-4-27-21(26)24-11-9-19(10-12-24)23-20(25)14-17(13-15(2)3)16-5-7-18(22)8-6-16/h5-8,15,17,19H,4,9-14H2,1-3H3,(H,23,25). The summed E-state index contributed by atoms with van der Waals surface area (Å²) < 4.78 is 18.2. The molecule has 1 atom stereocenters. The van der Waals surface area contributed by atoms with Crippen LogP contribution in [-0.4, -0.2) is 42.6 Å². The monoisotopic (exact) mass is 378 g/mol. The lowest BCUT2D eigenvalue weighted by atomic mass is 9.87. The van der Waals surface area contributed by atoms with Crippen LogP contribution in [0.1, 0.15) is 57.9 Å². The lowest BCUT2D eigenvalue weighted by Gasteiger charge is -2.32. The van der Waals surface area contributed by atoms with Gasteiger partial charge in [-0.3, -0.25) is 4.79 Å². The molecule has 27 heavy (non-hydrogen) atoms. The lowest BCUT2D eigenvalue weighted by molar-refractivity contribution is -0.122. The van der Waals surface area contributed by atoms with Gasteiger partial charge in [-0.25, -0.2) is 9.18 Å². The largest absolute Gasteiger partial charge is 0.450 e. The Morgan fingerprint density at radius 2 is 1.85 bits per heavy atom. The van der Waals surface area contributed by atoms with Gasteiger partial charge in [0, 0.05) is 25.6 Å². The van der Waals surface area contributed by atoms with Crippen LogP contribution in [0.15, 0.2) is 24.3 Å². The van der Waals surface area contributed by atoms with Crippen LogP contribution >= 0.6 is 0 Å². The number of amides is 2. The fourth-order valence-corrected chi connectivity index (χ4v) is 3.57. The number of piperidine rings is 1. The van der Waals surface area contributed by atoms with Crippen LogP contribution in [-0.2, 0) is 9.53 Å². The number of benzene rings is 1. The fourth-order valence-electron chi connectivity index (χ4n) is 3.57. The number of hydrogen-bond donors (Lipinski definition) is 1. The maximum absolute atomic E-state index is 13.2. The number of hydrogen-bond acceptors (Lipinski definition) is 3. The number of carbonyl (C=O) groups is 2. The minimum absolute atomic E-state index is 0.0135. The molecule has 1 N–H and O–H groups in total. The number of likely N-dealkylation sites (tertiary alicyclic amines) is 1. The van der Waals surface area contributed by atoms with Crippen molar-refractivity contribution in [3.8, 4) is 0 Å². The third kappa shape index (κ3) is 6.85. The number of rotatable bonds is 7. The molecule has 1 saturated heterocycles. The number of nitrogens with one attached hydrogen (secondary N) is 1. The summed E-state index contributed by atoms with van der Waals surface area (Å²) in [5, 5.41) is 3.10. The van der Waals surface area contributed by atoms with E-state index in [9.17, 15) is 14.0 Å². The molecule has 0 radical (unpaired) electrons. The third-order valence-electron chi connectivity index (χ3n) is 4.92. The molecule has 1 aliphatic heterocycles. The average Bonchev–Trinajstić information content (AvgIpc) is 2.62. The van der Waals surface area contributed by atoms with Gasteiger partial charge in [0.15, 0.2) is 0 Å². The first-order valence-corrected chi connectivity index (χ1v) is 9.85. The van der Waals surface area contributed by atoms with Crippen LogP contribution in [0.3, 0.4) is 0 Å². The van der Waals surface area contributed by atoms with E-state index in [0.717, 1.165) is 24.8 Å². The quantitative estimate of drug-likeness (QED) is 0.778. The van der Waals surface area contributed by atoms with Crippen molar-refractivity contribution in [2.75, 3.05) is 19.7 Å². The van der Waals surface area contributed by atoms with Crippen molar-refractivity contribution in [2.24, 2.45) is 5.92 Å². The van der Waals surface area contributed by atoms with Crippen molar-refractivity contribution in [2.45, 2.75) is 58.4 Å². The van der Waals surface area contributed by atoms with Gasteiger partial charge in [0.2, 0.25) is 5.91 Å². The molecule has 0 saturated carbocycles. The summed E-state index contributed by atoms with van der Waals surface area (Å²) in [5.41, 5.74) is 0.998. The van der Waals surface area contributed by atoms with Crippen LogP contribution in [0.25, 0.3) is 0 Å². The molecule has 2 rings (SSSR count). The van der Waals surface area contributed by atoms with E-state index < -0.39 is 0 Å². The minimum Gasteiger partial charge on any atom is -0.450 e. The summed E-state index contributed by atoms with van der Waals surface area (Å²) in [5.74, 6) is 0.269. The van der Waals surface area contributed by atoms with Gasteiger partial charge in [0.1, 0.15) is 5.82 Å². The van der Waals surface area contributed by atoms with Gasteiger partial charge in [-0.2, -0.15) is 0 Å². The second-order valence-corrected chi connectivity index (χ2v) is 7.61. The van der Waals surface area contributed by atoms with Crippen molar-refractivity contribution < 1.29 is 18.7 Å². The molecule has 0 aromatic heterocycles. The second kappa shape index (κ2) is 10.3.